The molecule has 2 rings (SSSR count). The SMILES string of the molecule is CNC(C1=CCCCCC1)c1ccc(Cl)c(F)c1. The third-order valence-electron chi connectivity index (χ3n) is 3.51. The zero-order chi connectivity index (χ0) is 13.0. The number of hydrogen-bond acceptors (Lipinski definition) is 1. The predicted octanol–water partition coefficient (Wildman–Crippen LogP) is 4.63. The van der Waals surface area contributed by atoms with Crippen LogP contribution < -0.4 is 5.32 Å². The van der Waals surface area contributed by atoms with Crippen molar-refractivity contribution < 1.29 is 4.39 Å². The van der Waals surface area contributed by atoms with E-state index < -0.39 is 0 Å². The van der Waals surface area contributed by atoms with Gasteiger partial charge < -0.3 is 5.32 Å². The highest BCUT2D eigenvalue weighted by Crippen LogP contribution is 2.30. The molecule has 1 N–H and O–H groups in total. The normalized spacial score (nSPS) is 18.1. The number of likely N-dealkylation sites (N-methyl/N-ethyl adjacent to an activating group) is 1. The van der Waals surface area contributed by atoms with Crippen molar-refractivity contribution in [2.24, 2.45) is 0 Å². The number of nitrogens with one attached hydrogen (secondary N) is 1. The average molecular weight is 268 g/mol. The van der Waals surface area contributed by atoms with Crippen LogP contribution in [0.15, 0.2) is 29.8 Å². The highest BCUT2D eigenvalue weighted by molar-refractivity contribution is 6.30. The second kappa shape index (κ2) is 6.35. The van der Waals surface area contributed by atoms with E-state index in [0.717, 1.165) is 18.4 Å². The van der Waals surface area contributed by atoms with E-state index >= 15 is 0 Å². The summed E-state index contributed by atoms with van der Waals surface area (Å²) in [7, 11) is 1.92. The summed E-state index contributed by atoms with van der Waals surface area (Å²) in [6.45, 7) is 0. The molecule has 18 heavy (non-hydrogen) atoms. The van der Waals surface area contributed by atoms with Crippen LogP contribution in [0.3, 0.4) is 0 Å². The summed E-state index contributed by atoms with van der Waals surface area (Å²) in [6, 6.07) is 5.18. The number of benzene rings is 1. The number of hydrogen-bond donors (Lipinski definition) is 1. The molecule has 0 radical (unpaired) electrons. The fraction of sp³-hybridized carbons (Fsp3) is 0.467. The molecule has 1 aliphatic rings. The highest BCUT2D eigenvalue weighted by Gasteiger charge is 2.17. The Morgan fingerprint density at radius 3 is 2.83 bits per heavy atom. The Kier molecular flexibility index (Phi) is 4.79. The number of rotatable bonds is 3. The Bertz CT molecular complexity index is 442. The summed E-state index contributed by atoms with van der Waals surface area (Å²) in [5, 5.41) is 3.47. The van der Waals surface area contributed by atoms with Crippen molar-refractivity contribution in [3.05, 3.63) is 46.3 Å². The van der Waals surface area contributed by atoms with E-state index in [1.807, 2.05) is 13.1 Å². The van der Waals surface area contributed by atoms with Gasteiger partial charge in [-0.1, -0.05) is 35.7 Å². The van der Waals surface area contributed by atoms with Crippen LogP contribution in [0.5, 0.6) is 0 Å². The van der Waals surface area contributed by atoms with E-state index in [-0.39, 0.29) is 16.9 Å². The Labute approximate surface area is 113 Å². The quantitative estimate of drug-likeness (QED) is 0.788. The zero-order valence-electron chi connectivity index (χ0n) is 10.7. The molecular formula is C15H19ClFN. The van der Waals surface area contributed by atoms with E-state index in [1.54, 1.807) is 6.07 Å². The lowest BCUT2D eigenvalue weighted by atomic mass is 9.95. The first-order valence-electron chi connectivity index (χ1n) is 6.53. The maximum Gasteiger partial charge on any atom is 0.142 e. The molecule has 0 spiro atoms. The van der Waals surface area contributed by atoms with E-state index in [9.17, 15) is 4.39 Å². The molecule has 1 atom stereocenters. The lowest BCUT2D eigenvalue weighted by Gasteiger charge is -2.20. The first-order valence-corrected chi connectivity index (χ1v) is 6.91. The summed E-state index contributed by atoms with van der Waals surface area (Å²) in [5.74, 6) is -0.344. The van der Waals surface area contributed by atoms with Gasteiger partial charge >= 0.3 is 0 Å². The molecule has 0 bridgehead atoms. The van der Waals surface area contributed by atoms with Crippen LogP contribution in [0.25, 0.3) is 0 Å². The molecule has 0 amide bonds. The Balaban J connectivity index is 2.26. The van der Waals surface area contributed by atoms with E-state index in [2.05, 4.69) is 11.4 Å². The largest absolute Gasteiger partial charge is 0.310 e. The molecule has 1 unspecified atom stereocenters. The van der Waals surface area contributed by atoms with Crippen LogP contribution in [-0.2, 0) is 0 Å². The molecule has 3 heteroatoms. The monoisotopic (exact) mass is 267 g/mol. The first kappa shape index (κ1) is 13.6. The molecule has 0 fully saturated rings. The molecule has 0 aromatic heterocycles. The Hall–Kier alpha value is -0.860. The van der Waals surface area contributed by atoms with Gasteiger partial charge in [0.05, 0.1) is 11.1 Å². The van der Waals surface area contributed by atoms with Gasteiger partial charge in [-0.3, -0.25) is 0 Å². The molecule has 1 aliphatic carbocycles. The van der Waals surface area contributed by atoms with Crippen molar-refractivity contribution in [1.82, 2.24) is 5.32 Å². The predicted molar refractivity (Wildman–Crippen MR) is 74.4 cm³/mol. The van der Waals surface area contributed by atoms with Crippen molar-refractivity contribution in [2.75, 3.05) is 7.05 Å². The van der Waals surface area contributed by atoms with E-state index in [0.29, 0.717) is 0 Å². The highest BCUT2D eigenvalue weighted by atomic mass is 35.5. The van der Waals surface area contributed by atoms with Gasteiger partial charge in [0.25, 0.3) is 0 Å². The van der Waals surface area contributed by atoms with Crippen molar-refractivity contribution in [2.45, 2.75) is 38.1 Å². The molecule has 0 heterocycles. The minimum atomic E-state index is -0.344. The molecule has 0 aliphatic heterocycles. The number of halogens is 2. The molecule has 0 saturated heterocycles. The third-order valence-corrected chi connectivity index (χ3v) is 3.82. The lowest BCUT2D eigenvalue weighted by molar-refractivity contribution is 0.604. The maximum atomic E-state index is 13.5. The first-order chi connectivity index (χ1) is 8.72. The second-order valence-corrected chi connectivity index (χ2v) is 5.18. The summed E-state index contributed by atoms with van der Waals surface area (Å²) in [6.07, 6.45) is 8.29. The van der Waals surface area contributed by atoms with Crippen LogP contribution in [0.1, 0.15) is 43.7 Å². The fourth-order valence-corrected chi connectivity index (χ4v) is 2.68. The summed E-state index contributed by atoms with van der Waals surface area (Å²) in [5.41, 5.74) is 2.32. The van der Waals surface area contributed by atoms with Gasteiger partial charge in [0.15, 0.2) is 0 Å². The van der Waals surface area contributed by atoms with Gasteiger partial charge in [-0.05, 0) is 50.4 Å². The third kappa shape index (κ3) is 3.12. The average Bonchev–Trinajstić information content (AvgIpc) is 2.64. The van der Waals surface area contributed by atoms with Crippen LogP contribution in [0.4, 0.5) is 4.39 Å². The zero-order valence-corrected chi connectivity index (χ0v) is 11.4. The molecule has 0 saturated carbocycles. The minimum absolute atomic E-state index is 0.106. The molecule has 98 valence electrons. The van der Waals surface area contributed by atoms with Gasteiger partial charge in [-0.25, -0.2) is 4.39 Å². The topological polar surface area (TPSA) is 12.0 Å². The number of allylic oxidation sites excluding steroid dienone is 1. The second-order valence-electron chi connectivity index (χ2n) is 4.77. The fourth-order valence-electron chi connectivity index (χ4n) is 2.56. The van der Waals surface area contributed by atoms with Gasteiger partial charge in [0.1, 0.15) is 5.82 Å². The summed E-state index contributed by atoms with van der Waals surface area (Å²) >= 11 is 5.73. The van der Waals surface area contributed by atoms with Crippen molar-refractivity contribution in [1.29, 1.82) is 0 Å². The van der Waals surface area contributed by atoms with E-state index in [4.69, 9.17) is 11.6 Å². The molecular weight excluding hydrogens is 249 g/mol. The maximum absolute atomic E-state index is 13.5. The van der Waals surface area contributed by atoms with Gasteiger partial charge in [-0.2, -0.15) is 0 Å². The van der Waals surface area contributed by atoms with Crippen LogP contribution >= 0.6 is 11.6 Å². The van der Waals surface area contributed by atoms with Crippen molar-refractivity contribution in [3.8, 4) is 0 Å². The lowest BCUT2D eigenvalue weighted by Crippen LogP contribution is -2.19. The minimum Gasteiger partial charge on any atom is -0.310 e. The molecule has 1 nitrogen and oxygen atoms in total. The Morgan fingerprint density at radius 2 is 2.11 bits per heavy atom. The standard InChI is InChI=1S/C15H19ClFN/c1-18-15(11-6-4-2-3-5-7-11)12-8-9-13(16)14(17)10-12/h6,8-10,15,18H,2-5,7H2,1H3. The van der Waals surface area contributed by atoms with Crippen molar-refractivity contribution >= 4 is 11.6 Å². The molecule has 1 aromatic rings. The van der Waals surface area contributed by atoms with E-state index in [1.165, 1.54) is 30.9 Å². The summed E-state index contributed by atoms with van der Waals surface area (Å²) < 4.78 is 13.5. The van der Waals surface area contributed by atoms with Crippen LogP contribution in [0.2, 0.25) is 5.02 Å². The van der Waals surface area contributed by atoms with Crippen LogP contribution in [-0.4, -0.2) is 7.05 Å². The smallest absolute Gasteiger partial charge is 0.142 e. The van der Waals surface area contributed by atoms with Crippen LogP contribution in [0, 0.1) is 5.82 Å². The van der Waals surface area contributed by atoms with Crippen molar-refractivity contribution in [3.63, 3.8) is 0 Å². The van der Waals surface area contributed by atoms with Gasteiger partial charge in [-0.15, -0.1) is 0 Å². The van der Waals surface area contributed by atoms with Gasteiger partial charge in [0.2, 0.25) is 0 Å². The Morgan fingerprint density at radius 1 is 1.28 bits per heavy atom. The van der Waals surface area contributed by atoms with Gasteiger partial charge in [0, 0.05) is 0 Å². The molecule has 1 aromatic carbocycles. The summed E-state index contributed by atoms with van der Waals surface area (Å²) in [4.78, 5) is 0.